The van der Waals surface area contributed by atoms with Crippen LogP contribution in [0.5, 0.6) is 0 Å². The second kappa shape index (κ2) is 4.54. The van der Waals surface area contributed by atoms with E-state index in [0.717, 1.165) is 0 Å². The average molecular weight is 339 g/mol. The third-order valence-corrected chi connectivity index (χ3v) is 5.25. The Morgan fingerprint density at radius 3 is 2.68 bits per heavy atom. The second-order valence-electron chi connectivity index (χ2n) is 6.41. The number of nitriles is 2. The van der Waals surface area contributed by atoms with Crippen LogP contribution in [-0.2, 0) is 9.47 Å². The number of nitrogens with zero attached hydrogens (tertiary/aromatic N) is 4. The summed E-state index contributed by atoms with van der Waals surface area (Å²) in [6, 6.07) is 10.2. The Labute approximate surface area is 142 Å². The van der Waals surface area contributed by atoms with Crippen LogP contribution in [0.2, 0.25) is 0 Å². The van der Waals surface area contributed by atoms with Crippen molar-refractivity contribution in [3.63, 3.8) is 0 Å². The lowest BCUT2D eigenvalue weighted by atomic mass is 9.93. The van der Waals surface area contributed by atoms with Gasteiger partial charge in [-0.3, -0.25) is 10.1 Å². The van der Waals surface area contributed by atoms with Crippen LogP contribution in [0.3, 0.4) is 0 Å². The van der Waals surface area contributed by atoms with Crippen molar-refractivity contribution in [1.82, 2.24) is 0 Å². The zero-order valence-corrected chi connectivity index (χ0v) is 13.2. The Morgan fingerprint density at radius 1 is 1.40 bits per heavy atom. The van der Waals surface area contributed by atoms with Gasteiger partial charge in [0.05, 0.1) is 29.8 Å². The summed E-state index contributed by atoms with van der Waals surface area (Å²) in [5.74, 6) is -2.66. The van der Waals surface area contributed by atoms with Gasteiger partial charge in [0.15, 0.2) is 5.41 Å². The maximum absolute atomic E-state index is 11.4. The Morgan fingerprint density at radius 2 is 2.12 bits per heavy atom. The van der Waals surface area contributed by atoms with Gasteiger partial charge < -0.3 is 15.2 Å². The molecule has 4 rings (SSSR count). The minimum atomic E-state index is -1.71. The molecule has 5 atom stereocenters. The van der Waals surface area contributed by atoms with E-state index in [-0.39, 0.29) is 29.8 Å². The van der Waals surface area contributed by atoms with Crippen LogP contribution >= 0.6 is 0 Å². The van der Waals surface area contributed by atoms with Gasteiger partial charge in [0.25, 0.3) is 11.6 Å². The minimum Gasteiger partial charge on any atom is -0.386 e. The number of ether oxygens (including phenoxy) is 2. The van der Waals surface area contributed by atoms with E-state index in [9.17, 15) is 20.6 Å². The van der Waals surface area contributed by atoms with Crippen molar-refractivity contribution in [1.29, 1.82) is 10.5 Å². The normalized spacial score (nSPS) is 40.8. The topological polar surface area (TPSA) is 148 Å². The summed E-state index contributed by atoms with van der Waals surface area (Å²) in [4.78, 5) is 15.1. The molecule has 9 heteroatoms. The van der Waals surface area contributed by atoms with Gasteiger partial charge in [-0.25, -0.2) is 4.99 Å². The van der Waals surface area contributed by atoms with Crippen molar-refractivity contribution >= 4 is 11.5 Å². The molecule has 2 fully saturated rings. The first kappa shape index (κ1) is 15.5. The van der Waals surface area contributed by atoms with Crippen molar-refractivity contribution < 1.29 is 14.4 Å². The van der Waals surface area contributed by atoms with Gasteiger partial charge in [0.1, 0.15) is 11.3 Å². The van der Waals surface area contributed by atoms with Crippen molar-refractivity contribution in [3.8, 4) is 12.1 Å². The van der Waals surface area contributed by atoms with E-state index < -0.39 is 27.6 Å². The molecule has 3 aliphatic rings. The molecular formula is C16H13N5O4. The van der Waals surface area contributed by atoms with Gasteiger partial charge in [-0.2, -0.15) is 10.5 Å². The quantitative estimate of drug-likeness (QED) is 0.628. The highest BCUT2D eigenvalue weighted by atomic mass is 16.8. The van der Waals surface area contributed by atoms with Crippen LogP contribution in [-0.4, -0.2) is 29.4 Å². The second-order valence-corrected chi connectivity index (χ2v) is 6.41. The molecular weight excluding hydrogens is 326 g/mol. The van der Waals surface area contributed by atoms with E-state index in [1.165, 1.54) is 18.2 Å². The van der Waals surface area contributed by atoms with Crippen LogP contribution in [0.25, 0.3) is 0 Å². The Balaban J connectivity index is 1.96. The van der Waals surface area contributed by atoms with Gasteiger partial charge >= 0.3 is 0 Å². The highest BCUT2D eigenvalue weighted by molar-refractivity contribution is 6.00. The summed E-state index contributed by atoms with van der Waals surface area (Å²) >= 11 is 0. The monoisotopic (exact) mass is 339 g/mol. The van der Waals surface area contributed by atoms with E-state index in [1.54, 1.807) is 13.0 Å². The molecule has 1 saturated heterocycles. The molecule has 1 aromatic rings. The SMILES string of the molecule is C[C@@H]1CO[C@]2(N=C(N)[C@@]3(C#N)[C@@H](c4ccccc4[N+](=O)[O-])[C@@]23C#N)O1. The summed E-state index contributed by atoms with van der Waals surface area (Å²) < 4.78 is 11.5. The van der Waals surface area contributed by atoms with E-state index in [2.05, 4.69) is 17.1 Å². The first-order chi connectivity index (χ1) is 11.9. The molecule has 1 spiro atoms. The predicted molar refractivity (Wildman–Crippen MR) is 82.8 cm³/mol. The van der Waals surface area contributed by atoms with Crippen LogP contribution in [0.1, 0.15) is 18.4 Å². The molecule has 2 aliphatic heterocycles. The van der Waals surface area contributed by atoms with Gasteiger partial charge in [0.2, 0.25) is 0 Å². The Bertz CT molecular complexity index is 918. The third-order valence-electron chi connectivity index (χ3n) is 5.25. The van der Waals surface area contributed by atoms with Crippen LogP contribution < -0.4 is 5.73 Å². The predicted octanol–water partition coefficient (Wildman–Crippen LogP) is 1.17. The summed E-state index contributed by atoms with van der Waals surface area (Å²) in [5.41, 5.74) is 3.02. The number of hydrogen-bond acceptors (Lipinski definition) is 8. The fourth-order valence-electron chi connectivity index (χ4n) is 4.23. The number of aliphatic imine (C=N–C) groups is 1. The molecule has 1 saturated carbocycles. The molecule has 0 amide bonds. The number of nitro benzene ring substituents is 1. The van der Waals surface area contributed by atoms with Crippen molar-refractivity contribution in [2.24, 2.45) is 21.6 Å². The van der Waals surface area contributed by atoms with Gasteiger partial charge in [0, 0.05) is 17.5 Å². The van der Waals surface area contributed by atoms with E-state index in [0.29, 0.717) is 0 Å². The fourth-order valence-corrected chi connectivity index (χ4v) is 4.23. The lowest BCUT2D eigenvalue weighted by molar-refractivity contribution is -0.385. The summed E-state index contributed by atoms with van der Waals surface area (Å²) in [6.45, 7) is 1.94. The molecule has 9 nitrogen and oxygen atoms in total. The molecule has 1 aliphatic carbocycles. The zero-order valence-electron chi connectivity index (χ0n) is 13.2. The number of rotatable bonds is 2. The maximum Gasteiger partial charge on any atom is 0.293 e. The molecule has 0 aromatic heterocycles. The Hall–Kier alpha value is -3.01. The number of nitro groups is 1. The van der Waals surface area contributed by atoms with E-state index in [4.69, 9.17) is 15.2 Å². The van der Waals surface area contributed by atoms with Crippen LogP contribution in [0.15, 0.2) is 29.3 Å². The van der Waals surface area contributed by atoms with Crippen LogP contribution in [0.4, 0.5) is 5.69 Å². The van der Waals surface area contributed by atoms with Gasteiger partial charge in [-0.05, 0) is 6.92 Å². The number of amidine groups is 1. The molecule has 0 bridgehead atoms. The molecule has 2 heterocycles. The van der Waals surface area contributed by atoms with Gasteiger partial charge in [-0.1, -0.05) is 18.2 Å². The molecule has 2 N–H and O–H groups in total. The van der Waals surface area contributed by atoms with Crippen molar-refractivity contribution in [2.45, 2.75) is 24.9 Å². The number of hydrogen-bond donors (Lipinski definition) is 1. The number of nitrogens with two attached hydrogens (primary N) is 1. The first-order valence-electron chi connectivity index (χ1n) is 7.63. The van der Waals surface area contributed by atoms with Gasteiger partial charge in [-0.15, -0.1) is 0 Å². The lowest BCUT2D eigenvalue weighted by Crippen LogP contribution is -2.39. The minimum absolute atomic E-state index is 0.0891. The molecule has 25 heavy (non-hydrogen) atoms. The maximum atomic E-state index is 11.4. The smallest absolute Gasteiger partial charge is 0.293 e. The zero-order chi connectivity index (χ0) is 18.0. The highest BCUT2D eigenvalue weighted by Crippen LogP contribution is 2.83. The fraction of sp³-hybridized carbons (Fsp3) is 0.438. The van der Waals surface area contributed by atoms with E-state index in [1.807, 2.05) is 0 Å². The average Bonchev–Trinajstić information content (AvgIpc) is 2.98. The van der Waals surface area contributed by atoms with Crippen molar-refractivity contribution in [2.75, 3.05) is 6.61 Å². The summed E-state index contributed by atoms with van der Waals surface area (Å²) in [7, 11) is 0. The standard InChI is InChI=1S/C16H13N5O4/c1-9-6-24-16(25-9)15(8-18)12(14(15,7-17)13(19)20-16)10-4-2-3-5-11(10)21(22)23/h2-5,9,12H,6H2,1H3,(H2,19,20)/t9-,12-,14-,15-,16+/m1/s1. The van der Waals surface area contributed by atoms with Crippen molar-refractivity contribution in [3.05, 3.63) is 39.9 Å². The molecule has 0 radical (unpaired) electrons. The largest absolute Gasteiger partial charge is 0.386 e. The summed E-state index contributed by atoms with van der Waals surface area (Å²) in [6.07, 6.45) is -0.344. The molecule has 1 aromatic carbocycles. The summed E-state index contributed by atoms with van der Waals surface area (Å²) in [5, 5.41) is 31.3. The van der Waals surface area contributed by atoms with Crippen LogP contribution in [0, 0.1) is 43.6 Å². The molecule has 126 valence electrons. The third kappa shape index (κ3) is 1.46. The number of benzene rings is 1. The molecule has 0 unspecified atom stereocenters. The van der Waals surface area contributed by atoms with E-state index >= 15 is 0 Å². The Kier molecular flexibility index (Phi) is 2.82. The lowest BCUT2D eigenvalue weighted by Gasteiger charge is -2.26. The number of fused-ring (bicyclic) bond motifs is 2. The first-order valence-corrected chi connectivity index (χ1v) is 7.63. The highest BCUT2D eigenvalue weighted by Gasteiger charge is 2.95. The number of para-hydroxylation sites is 1.